The van der Waals surface area contributed by atoms with E-state index < -0.39 is 5.97 Å². The van der Waals surface area contributed by atoms with Crippen LogP contribution in [-0.2, 0) is 18.3 Å². The molecule has 1 aromatic carbocycles. The summed E-state index contributed by atoms with van der Waals surface area (Å²) in [6.45, 7) is 0. The number of hydrogen-bond acceptors (Lipinski definition) is 2. The Labute approximate surface area is 91.1 Å². The van der Waals surface area contributed by atoms with Gasteiger partial charge < -0.3 is 5.11 Å². The van der Waals surface area contributed by atoms with Gasteiger partial charge in [-0.15, -0.1) is 0 Å². The third-order valence-corrected chi connectivity index (χ3v) is 2.65. The van der Waals surface area contributed by atoms with Crippen molar-refractivity contribution >= 4 is 28.5 Å². The molecule has 0 atom stereocenters. The molecule has 0 fully saturated rings. The second kappa shape index (κ2) is 3.55. The molecule has 0 aliphatic rings. The number of nitrogens with zero attached hydrogens (tertiary/aromatic N) is 2. The zero-order valence-electron chi connectivity index (χ0n) is 8.07. The predicted octanol–water partition coefficient (Wildman–Crippen LogP) is 1.85. The smallest absolute Gasteiger partial charge is 0.307 e. The molecule has 78 valence electrons. The van der Waals surface area contributed by atoms with Crippen LogP contribution in [0.5, 0.6) is 0 Å². The fourth-order valence-corrected chi connectivity index (χ4v) is 1.84. The minimum atomic E-state index is -0.873. The number of carboxylic acid groups (broad SMARTS) is 1. The lowest BCUT2D eigenvalue weighted by Gasteiger charge is -1.98. The van der Waals surface area contributed by atoms with E-state index in [9.17, 15) is 4.79 Å². The van der Waals surface area contributed by atoms with Gasteiger partial charge in [0.2, 0.25) is 0 Å². The Hall–Kier alpha value is -1.55. The highest BCUT2D eigenvalue weighted by Gasteiger charge is 2.12. The van der Waals surface area contributed by atoms with Crippen molar-refractivity contribution in [3.63, 3.8) is 0 Å². The van der Waals surface area contributed by atoms with Gasteiger partial charge in [-0.1, -0.05) is 23.7 Å². The molecular formula is C10H9ClN2O2. The van der Waals surface area contributed by atoms with Crippen molar-refractivity contribution in [2.45, 2.75) is 6.42 Å². The number of hydrogen-bond donors (Lipinski definition) is 1. The van der Waals surface area contributed by atoms with Crippen LogP contribution in [0.15, 0.2) is 18.2 Å². The van der Waals surface area contributed by atoms with E-state index in [-0.39, 0.29) is 6.42 Å². The van der Waals surface area contributed by atoms with Crippen molar-refractivity contribution in [1.82, 2.24) is 9.78 Å². The third kappa shape index (κ3) is 1.68. The number of aryl methyl sites for hydroxylation is 1. The lowest BCUT2D eigenvalue weighted by atomic mass is 10.1. The van der Waals surface area contributed by atoms with Crippen LogP contribution in [0.3, 0.4) is 0 Å². The van der Waals surface area contributed by atoms with Crippen LogP contribution in [0.25, 0.3) is 10.9 Å². The molecule has 0 saturated carbocycles. The summed E-state index contributed by atoms with van der Waals surface area (Å²) in [5, 5.41) is 14.1. The van der Waals surface area contributed by atoms with E-state index in [0.717, 1.165) is 10.9 Å². The second-order valence-electron chi connectivity index (χ2n) is 3.30. The maximum absolute atomic E-state index is 10.7. The average Bonchev–Trinajstić information content (AvgIpc) is 2.43. The SMILES string of the molecule is Cn1nc2cccc(CC(=O)O)c2c1Cl. The largest absolute Gasteiger partial charge is 0.481 e. The summed E-state index contributed by atoms with van der Waals surface area (Å²) in [7, 11) is 1.73. The highest BCUT2D eigenvalue weighted by Crippen LogP contribution is 2.26. The quantitative estimate of drug-likeness (QED) is 0.847. The molecule has 1 aromatic heterocycles. The van der Waals surface area contributed by atoms with E-state index in [1.807, 2.05) is 6.07 Å². The highest BCUT2D eigenvalue weighted by atomic mass is 35.5. The molecule has 4 nitrogen and oxygen atoms in total. The Morgan fingerprint density at radius 1 is 1.60 bits per heavy atom. The van der Waals surface area contributed by atoms with Crippen LogP contribution in [0.4, 0.5) is 0 Å². The molecule has 2 rings (SSSR count). The molecule has 0 bridgehead atoms. The van der Waals surface area contributed by atoms with Gasteiger partial charge in [-0.2, -0.15) is 5.10 Å². The molecule has 2 aromatic rings. The fourth-order valence-electron chi connectivity index (χ4n) is 1.59. The van der Waals surface area contributed by atoms with Crippen molar-refractivity contribution in [3.8, 4) is 0 Å². The zero-order valence-corrected chi connectivity index (χ0v) is 8.82. The number of aromatic nitrogens is 2. The molecule has 0 amide bonds. The van der Waals surface area contributed by atoms with Crippen molar-refractivity contribution in [2.24, 2.45) is 7.05 Å². The van der Waals surface area contributed by atoms with Gasteiger partial charge in [0, 0.05) is 12.4 Å². The van der Waals surface area contributed by atoms with Crippen molar-refractivity contribution in [1.29, 1.82) is 0 Å². The summed E-state index contributed by atoms with van der Waals surface area (Å²) < 4.78 is 1.54. The van der Waals surface area contributed by atoms with E-state index in [0.29, 0.717) is 10.7 Å². The number of benzene rings is 1. The molecule has 0 unspecified atom stereocenters. The predicted molar refractivity (Wildman–Crippen MR) is 57.1 cm³/mol. The summed E-state index contributed by atoms with van der Waals surface area (Å²) >= 11 is 6.04. The van der Waals surface area contributed by atoms with Gasteiger partial charge in [-0.05, 0) is 11.6 Å². The van der Waals surface area contributed by atoms with Crippen molar-refractivity contribution < 1.29 is 9.90 Å². The van der Waals surface area contributed by atoms with Gasteiger partial charge in [-0.25, -0.2) is 0 Å². The molecule has 1 heterocycles. The van der Waals surface area contributed by atoms with Gasteiger partial charge in [0.05, 0.1) is 11.9 Å². The number of aliphatic carboxylic acids is 1. The Morgan fingerprint density at radius 2 is 2.33 bits per heavy atom. The summed E-state index contributed by atoms with van der Waals surface area (Å²) in [6.07, 6.45) is -0.0389. The van der Waals surface area contributed by atoms with Crippen LogP contribution in [0.2, 0.25) is 5.15 Å². The summed E-state index contributed by atoms with van der Waals surface area (Å²) in [5.41, 5.74) is 1.42. The third-order valence-electron chi connectivity index (χ3n) is 2.22. The van der Waals surface area contributed by atoms with E-state index >= 15 is 0 Å². The first-order valence-corrected chi connectivity index (χ1v) is 4.79. The normalized spacial score (nSPS) is 10.8. The van der Waals surface area contributed by atoms with Gasteiger partial charge >= 0.3 is 5.97 Å². The van der Waals surface area contributed by atoms with Crippen LogP contribution in [0, 0.1) is 0 Å². The number of carboxylic acids is 1. The van der Waals surface area contributed by atoms with Gasteiger partial charge in [0.1, 0.15) is 5.15 Å². The molecule has 0 aliphatic heterocycles. The van der Waals surface area contributed by atoms with Gasteiger partial charge in [-0.3, -0.25) is 9.48 Å². The first-order chi connectivity index (χ1) is 7.09. The lowest BCUT2D eigenvalue weighted by Crippen LogP contribution is -2.00. The van der Waals surface area contributed by atoms with E-state index in [4.69, 9.17) is 16.7 Å². The topological polar surface area (TPSA) is 55.1 Å². The minimum absolute atomic E-state index is 0.0389. The Morgan fingerprint density at radius 3 is 3.00 bits per heavy atom. The molecule has 15 heavy (non-hydrogen) atoms. The number of rotatable bonds is 2. The summed E-state index contributed by atoms with van der Waals surface area (Å²) in [4.78, 5) is 10.7. The molecule has 5 heteroatoms. The fraction of sp³-hybridized carbons (Fsp3) is 0.200. The highest BCUT2D eigenvalue weighted by molar-refractivity contribution is 6.34. The maximum atomic E-state index is 10.7. The van der Waals surface area contributed by atoms with E-state index in [2.05, 4.69) is 5.10 Å². The van der Waals surface area contributed by atoms with Gasteiger partial charge in [0.15, 0.2) is 0 Å². The van der Waals surface area contributed by atoms with Crippen molar-refractivity contribution in [3.05, 3.63) is 28.9 Å². The Balaban J connectivity index is 2.68. The van der Waals surface area contributed by atoms with Crippen LogP contribution < -0.4 is 0 Å². The Kier molecular flexibility index (Phi) is 2.36. The molecule has 0 spiro atoms. The van der Waals surface area contributed by atoms with Crippen molar-refractivity contribution in [2.75, 3.05) is 0 Å². The maximum Gasteiger partial charge on any atom is 0.307 e. The number of fused-ring (bicyclic) bond motifs is 1. The van der Waals surface area contributed by atoms with Crippen LogP contribution in [-0.4, -0.2) is 20.9 Å². The first-order valence-electron chi connectivity index (χ1n) is 4.41. The monoisotopic (exact) mass is 224 g/mol. The number of carbonyl (C=O) groups is 1. The molecule has 1 N–H and O–H groups in total. The zero-order chi connectivity index (χ0) is 11.0. The van der Waals surface area contributed by atoms with Gasteiger partial charge in [0.25, 0.3) is 0 Å². The summed E-state index contributed by atoms with van der Waals surface area (Å²) in [5.74, 6) is -0.873. The standard InChI is InChI=1S/C10H9ClN2O2/c1-13-10(11)9-6(5-8(14)15)3-2-4-7(9)12-13/h2-4H,5H2,1H3,(H,14,15). The average molecular weight is 225 g/mol. The summed E-state index contributed by atoms with van der Waals surface area (Å²) in [6, 6.07) is 5.35. The number of halogens is 1. The molecule has 0 radical (unpaired) electrons. The van der Waals surface area contributed by atoms with Crippen LogP contribution >= 0.6 is 11.6 Å². The lowest BCUT2D eigenvalue weighted by molar-refractivity contribution is -0.136. The Bertz CT molecular complexity index is 533. The minimum Gasteiger partial charge on any atom is -0.481 e. The molecule has 0 saturated heterocycles. The molecular weight excluding hydrogens is 216 g/mol. The van der Waals surface area contributed by atoms with Crippen LogP contribution in [0.1, 0.15) is 5.56 Å². The molecule has 0 aliphatic carbocycles. The van der Waals surface area contributed by atoms with E-state index in [1.54, 1.807) is 19.2 Å². The van der Waals surface area contributed by atoms with E-state index in [1.165, 1.54) is 4.68 Å². The second-order valence-corrected chi connectivity index (χ2v) is 3.65. The first kappa shape index (κ1) is 9.98.